The highest BCUT2D eigenvalue weighted by atomic mass is 32.2. The minimum Gasteiger partial charge on any atom is -0.351 e. The van der Waals surface area contributed by atoms with E-state index in [4.69, 9.17) is 0 Å². The van der Waals surface area contributed by atoms with Crippen LogP contribution in [0.3, 0.4) is 0 Å². The van der Waals surface area contributed by atoms with Crippen molar-refractivity contribution in [3.8, 4) is 0 Å². The molecule has 0 aliphatic heterocycles. The van der Waals surface area contributed by atoms with Crippen LogP contribution in [0.5, 0.6) is 0 Å². The fourth-order valence-electron chi connectivity index (χ4n) is 2.25. The van der Waals surface area contributed by atoms with Crippen LogP contribution in [0.4, 0.5) is 4.39 Å². The molecule has 0 saturated heterocycles. The van der Waals surface area contributed by atoms with Gasteiger partial charge >= 0.3 is 0 Å². The van der Waals surface area contributed by atoms with Crippen molar-refractivity contribution < 1.29 is 17.6 Å². The molecular weight excluding hydrogens is 375 g/mol. The van der Waals surface area contributed by atoms with Crippen molar-refractivity contribution in [2.75, 3.05) is 12.0 Å². The number of thioether (sulfide) groups is 1. The predicted molar refractivity (Wildman–Crippen MR) is 102 cm³/mol. The van der Waals surface area contributed by atoms with E-state index in [0.717, 1.165) is 5.56 Å². The van der Waals surface area contributed by atoms with Gasteiger partial charge in [0.25, 0.3) is 0 Å². The van der Waals surface area contributed by atoms with Crippen LogP contribution in [-0.4, -0.2) is 32.4 Å². The first kappa shape index (κ1) is 20.4. The summed E-state index contributed by atoms with van der Waals surface area (Å²) in [5.41, 5.74) is 0.731. The van der Waals surface area contributed by atoms with Crippen LogP contribution >= 0.6 is 11.8 Å². The molecule has 2 aromatic rings. The molecule has 140 valence electrons. The minimum atomic E-state index is -3.79. The van der Waals surface area contributed by atoms with Crippen molar-refractivity contribution in [2.45, 2.75) is 23.9 Å². The van der Waals surface area contributed by atoms with Crippen LogP contribution in [0.2, 0.25) is 0 Å². The van der Waals surface area contributed by atoms with Gasteiger partial charge in [-0.2, -0.15) is 16.5 Å². The third-order valence-corrected chi connectivity index (χ3v) is 5.79. The number of rotatable bonds is 9. The molecule has 26 heavy (non-hydrogen) atoms. The molecule has 0 fully saturated rings. The van der Waals surface area contributed by atoms with Crippen molar-refractivity contribution >= 4 is 27.7 Å². The minimum absolute atomic E-state index is 0.112. The smallest absolute Gasteiger partial charge is 0.241 e. The fourth-order valence-corrected chi connectivity index (χ4v) is 3.97. The summed E-state index contributed by atoms with van der Waals surface area (Å²) in [5.74, 6) is -0.136. The summed E-state index contributed by atoms with van der Waals surface area (Å²) in [6.07, 6.45) is 2.25. The van der Waals surface area contributed by atoms with Gasteiger partial charge in [0, 0.05) is 6.54 Å². The maximum atomic E-state index is 12.9. The van der Waals surface area contributed by atoms with Crippen LogP contribution in [0.25, 0.3) is 0 Å². The first-order valence-electron chi connectivity index (χ1n) is 8.01. The molecule has 0 saturated carbocycles. The van der Waals surface area contributed by atoms with Crippen LogP contribution < -0.4 is 10.0 Å². The lowest BCUT2D eigenvalue weighted by Crippen LogP contribution is -2.46. The Morgan fingerprint density at radius 1 is 1.12 bits per heavy atom. The second-order valence-electron chi connectivity index (χ2n) is 5.61. The topological polar surface area (TPSA) is 75.3 Å². The zero-order valence-corrected chi connectivity index (χ0v) is 15.9. The zero-order valence-electron chi connectivity index (χ0n) is 14.3. The number of sulfonamides is 1. The SMILES string of the molecule is CSCC[C@@H](NS(=O)(=O)c1ccccc1)C(=O)NCc1ccc(F)cc1. The Hall–Kier alpha value is -1.90. The quantitative estimate of drug-likeness (QED) is 0.683. The second-order valence-corrected chi connectivity index (χ2v) is 8.31. The molecule has 0 radical (unpaired) electrons. The van der Waals surface area contributed by atoms with Gasteiger partial charge in [-0.25, -0.2) is 12.8 Å². The molecule has 1 amide bonds. The third kappa shape index (κ3) is 6.12. The number of nitrogens with one attached hydrogen (secondary N) is 2. The highest BCUT2D eigenvalue weighted by Crippen LogP contribution is 2.11. The van der Waals surface area contributed by atoms with E-state index in [1.165, 1.54) is 36.0 Å². The molecule has 8 heteroatoms. The lowest BCUT2D eigenvalue weighted by molar-refractivity contribution is -0.122. The van der Waals surface area contributed by atoms with Crippen LogP contribution in [0, 0.1) is 5.82 Å². The molecule has 5 nitrogen and oxygen atoms in total. The van der Waals surface area contributed by atoms with E-state index >= 15 is 0 Å². The lowest BCUT2D eigenvalue weighted by atomic mass is 10.2. The highest BCUT2D eigenvalue weighted by molar-refractivity contribution is 7.98. The molecule has 2 N–H and O–H groups in total. The number of halogens is 1. The summed E-state index contributed by atoms with van der Waals surface area (Å²) >= 11 is 1.53. The van der Waals surface area contributed by atoms with E-state index in [2.05, 4.69) is 10.0 Å². The van der Waals surface area contributed by atoms with Crippen LogP contribution in [0.15, 0.2) is 59.5 Å². The summed E-state index contributed by atoms with van der Waals surface area (Å²) in [6.45, 7) is 0.196. The van der Waals surface area contributed by atoms with Gasteiger partial charge in [-0.15, -0.1) is 0 Å². The van der Waals surface area contributed by atoms with Crippen molar-refractivity contribution in [3.63, 3.8) is 0 Å². The molecule has 2 rings (SSSR count). The average Bonchev–Trinajstić information content (AvgIpc) is 2.65. The number of hydrogen-bond acceptors (Lipinski definition) is 4. The Morgan fingerprint density at radius 2 is 1.77 bits per heavy atom. The molecule has 0 aliphatic carbocycles. The maximum Gasteiger partial charge on any atom is 0.241 e. The molecular formula is C18H21FN2O3S2. The van der Waals surface area contributed by atoms with Gasteiger partial charge in [0.05, 0.1) is 4.90 Å². The molecule has 0 unspecified atom stereocenters. The van der Waals surface area contributed by atoms with E-state index < -0.39 is 22.0 Å². The van der Waals surface area contributed by atoms with Crippen LogP contribution in [-0.2, 0) is 21.4 Å². The molecule has 0 aromatic heterocycles. The highest BCUT2D eigenvalue weighted by Gasteiger charge is 2.25. The normalized spacial score (nSPS) is 12.5. The molecule has 0 spiro atoms. The van der Waals surface area contributed by atoms with E-state index in [1.807, 2.05) is 6.26 Å². The van der Waals surface area contributed by atoms with Gasteiger partial charge in [-0.1, -0.05) is 30.3 Å². The molecule has 0 bridgehead atoms. The summed E-state index contributed by atoms with van der Waals surface area (Å²) in [5, 5.41) is 2.70. The molecule has 2 aromatic carbocycles. The number of benzene rings is 2. The average molecular weight is 397 g/mol. The molecule has 1 atom stereocenters. The number of hydrogen-bond donors (Lipinski definition) is 2. The first-order chi connectivity index (χ1) is 12.4. The molecule has 0 aliphatic rings. The first-order valence-corrected chi connectivity index (χ1v) is 10.9. The monoisotopic (exact) mass is 396 g/mol. The lowest BCUT2D eigenvalue weighted by Gasteiger charge is -2.18. The standard InChI is InChI=1S/C18H21FN2O3S2/c1-25-12-11-17(21-26(23,24)16-5-3-2-4-6-16)18(22)20-13-14-7-9-15(19)10-8-14/h2-10,17,21H,11-13H2,1H3,(H,20,22)/t17-/m1/s1. The largest absolute Gasteiger partial charge is 0.351 e. The van der Waals surface area contributed by atoms with E-state index in [1.54, 1.807) is 30.3 Å². The molecule has 0 heterocycles. The Morgan fingerprint density at radius 3 is 2.38 bits per heavy atom. The van der Waals surface area contributed by atoms with Crippen molar-refractivity contribution in [2.24, 2.45) is 0 Å². The number of carbonyl (C=O) groups is 1. The Kier molecular flexibility index (Phi) is 7.62. The van der Waals surface area contributed by atoms with Gasteiger partial charge in [0.15, 0.2) is 0 Å². The Labute approximate surface area is 157 Å². The van der Waals surface area contributed by atoms with E-state index in [-0.39, 0.29) is 17.3 Å². The van der Waals surface area contributed by atoms with Crippen molar-refractivity contribution in [1.29, 1.82) is 0 Å². The van der Waals surface area contributed by atoms with Gasteiger partial charge in [0.2, 0.25) is 15.9 Å². The van der Waals surface area contributed by atoms with E-state index in [0.29, 0.717) is 12.2 Å². The van der Waals surface area contributed by atoms with Gasteiger partial charge < -0.3 is 5.32 Å². The summed E-state index contributed by atoms with van der Waals surface area (Å²) in [4.78, 5) is 12.6. The van der Waals surface area contributed by atoms with E-state index in [9.17, 15) is 17.6 Å². The summed E-state index contributed by atoms with van der Waals surface area (Å²) in [7, 11) is -3.79. The Balaban J connectivity index is 2.05. The fraction of sp³-hybridized carbons (Fsp3) is 0.278. The third-order valence-electron chi connectivity index (χ3n) is 3.66. The van der Waals surface area contributed by atoms with Gasteiger partial charge in [-0.3, -0.25) is 4.79 Å². The van der Waals surface area contributed by atoms with Gasteiger partial charge in [0.1, 0.15) is 11.9 Å². The van der Waals surface area contributed by atoms with Gasteiger partial charge in [-0.05, 0) is 48.3 Å². The van der Waals surface area contributed by atoms with Crippen LogP contribution in [0.1, 0.15) is 12.0 Å². The summed E-state index contributed by atoms with van der Waals surface area (Å²) < 4.78 is 40.4. The predicted octanol–water partition coefficient (Wildman–Crippen LogP) is 2.54. The van der Waals surface area contributed by atoms with Crippen molar-refractivity contribution in [1.82, 2.24) is 10.0 Å². The second kappa shape index (κ2) is 9.70. The number of amides is 1. The zero-order chi connectivity index (χ0) is 19.0. The number of carbonyl (C=O) groups excluding carboxylic acids is 1. The maximum absolute atomic E-state index is 12.9. The van der Waals surface area contributed by atoms with Crippen molar-refractivity contribution in [3.05, 3.63) is 66.0 Å². The summed E-state index contributed by atoms with van der Waals surface area (Å²) in [6, 6.07) is 12.8. The Bertz CT molecular complexity index is 812.